The molecular formula is C21H28N4O3. The third-order valence-electron chi connectivity index (χ3n) is 4.43. The Morgan fingerprint density at radius 2 is 1.54 bits per heavy atom. The number of nitrogens with one attached hydrogen (secondary N) is 2. The smallest absolute Gasteiger partial charge is 0.313 e. The zero-order valence-electron chi connectivity index (χ0n) is 17.0. The summed E-state index contributed by atoms with van der Waals surface area (Å²) in [5.74, 6) is -0.699. The fraction of sp³-hybridized carbons (Fsp3) is 0.333. The van der Waals surface area contributed by atoms with Crippen molar-refractivity contribution in [3.05, 3.63) is 54.1 Å². The normalized spacial score (nSPS) is 11.6. The topological polar surface area (TPSA) is 73.9 Å². The second kappa shape index (κ2) is 9.75. The molecule has 2 aromatic carbocycles. The SMILES string of the molecule is COc1ccc(NC(=O)C(=O)NC[C@H](c2ccc(N(C)C)cc2)N(C)C)cc1. The average molecular weight is 384 g/mol. The molecule has 2 aromatic rings. The number of anilines is 2. The molecule has 0 aliphatic carbocycles. The van der Waals surface area contributed by atoms with Crippen LogP contribution in [0.25, 0.3) is 0 Å². The minimum Gasteiger partial charge on any atom is -0.497 e. The van der Waals surface area contributed by atoms with E-state index >= 15 is 0 Å². The maximum atomic E-state index is 12.2. The lowest BCUT2D eigenvalue weighted by Crippen LogP contribution is -2.40. The van der Waals surface area contributed by atoms with Crippen molar-refractivity contribution in [3.8, 4) is 5.75 Å². The Labute approximate surface area is 166 Å². The molecule has 0 aromatic heterocycles. The summed E-state index contributed by atoms with van der Waals surface area (Å²) in [6.45, 7) is 0.323. The third kappa shape index (κ3) is 5.72. The van der Waals surface area contributed by atoms with Gasteiger partial charge in [-0.3, -0.25) is 9.59 Å². The number of hydrogen-bond acceptors (Lipinski definition) is 5. The number of carbonyl (C=O) groups is 2. The van der Waals surface area contributed by atoms with E-state index in [-0.39, 0.29) is 6.04 Å². The Morgan fingerprint density at radius 1 is 0.929 bits per heavy atom. The van der Waals surface area contributed by atoms with Gasteiger partial charge in [0.15, 0.2) is 0 Å². The highest BCUT2D eigenvalue weighted by Gasteiger charge is 2.19. The van der Waals surface area contributed by atoms with Gasteiger partial charge in [-0.2, -0.15) is 0 Å². The molecule has 0 saturated carbocycles. The van der Waals surface area contributed by atoms with Gasteiger partial charge in [-0.15, -0.1) is 0 Å². The molecule has 1 atom stereocenters. The van der Waals surface area contributed by atoms with Gasteiger partial charge in [0.05, 0.1) is 13.2 Å². The monoisotopic (exact) mass is 384 g/mol. The molecule has 2 amide bonds. The molecule has 0 heterocycles. The van der Waals surface area contributed by atoms with Gasteiger partial charge >= 0.3 is 11.8 Å². The molecule has 0 saturated heterocycles. The van der Waals surface area contributed by atoms with Crippen LogP contribution in [0, 0.1) is 0 Å². The summed E-state index contributed by atoms with van der Waals surface area (Å²) in [6, 6.07) is 14.9. The van der Waals surface area contributed by atoms with Crippen molar-refractivity contribution >= 4 is 23.2 Å². The number of rotatable bonds is 7. The molecule has 0 unspecified atom stereocenters. The molecule has 2 N–H and O–H groups in total. The highest BCUT2D eigenvalue weighted by Crippen LogP contribution is 2.21. The van der Waals surface area contributed by atoms with Crippen LogP contribution >= 0.6 is 0 Å². The van der Waals surface area contributed by atoms with Crippen molar-refractivity contribution in [2.75, 3.05) is 52.1 Å². The van der Waals surface area contributed by atoms with E-state index in [1.165, 1.54) is 0 Å². The summed E-state index contributed by atoms with van der Waals surface area (Å²) < 4.78 is 5.07. The Kier molecular flexibility index (Phi) is 7.40. The fourth-order valence-electron chi connectivity index (χ4n) is 2.73. The van der Waals surface area contributed by atoms with Gasteiger partial charge in [-0.1, -0.05) is 12.1 Å². The van der Waals surface area contributed by atoms with E-state index < -0.39 is 11.8 Å². The van der Waals surface area contributed by atoms with E-state index in [4.69, 9.17) is 4.74 Å². The first kappa shape index (κ1) is 21.2. The van der Waals surface area contributed by atoms with Crippen LogP contribution in [0.15, 0.2) is 48.5 Å². The molecule has 0 spiro atoms. The van der Waals surface area contributed by atoms with Crippen molar-refractivity contribution in [3.63, 3.8) is 0 Å². The molecule has 0 aliphatic heterocycles. The number of likely N-dealkylation sites (N-methyl/N-ethyl adjacent to an activating group) is 1. The first-order chi connectivity index (χ1) is 13.3. The summed E-state index contributed by atoms with van der Waals surface area (Å²) >= 11 is 0. The van der Waals surface area contributed by atoms with Gasteiger partial charge < -0.3 is 25.2 Å². The summed E-state index contributed by atoms with van der Waals surface area (Å²) in [4.78, 5) is 28.4. The number of ether oxygens (including phenoxy) is 1. The Hall–Kier alpha value is -3.06. The van der Waals surface area contributed by atoms with Gasteiger partial charge in [0.25, 0.3) is 0 Å². The Bertz CT molecular complexity index is 786. The lowest BCUT2D eigenvalue weighted by atomic mass is 10.1. The quantitative estimate of drug-likeness (QED) is 0.716. The van der Waals surface area contributed by atoms with Crippen LogP contribution in [-0.2, 0) is 9.59 Å². The molecule has 28 heavy (non-hydrogen) atoms. The van der Waals surface area contributed by atoms with Crippen LogP contribution in [-0.4, -0.2) is 58.6 Å². The minimum atomic E-state index is -0.703. The molecular weight excluding hydrogens is 356 g/mol. The molecule has 0 radical (unpaired) electrons. The molecule has 0 bridgehead atoms. The van der Waals surface area contributed by atoms with Gasteiger partial charge in [-0.05, 0) is 56.1 Å². The van der Waals surface area contributed by atoms with E-state index in [9.17, 15) is 9.59 Å². The lowest BCUT2D eigenvalue weighted by molar-refractivity contribution is -0.136. The minimum absolute atomic E-state index is 0.0473. The van der Waals surface area contributed by atoms with Crippen LogP contribution in [0.2, 0.25) is 0 Å². The van der Waals surface area contributed by atoms with Crippen LogP contribution in [0.3, 0.4) is 0 Å². The number of methoxy groups -OCH3 is 1. The molecule has 0 fully saturated rings. The molecule has 0 aliphatic rings. The van der Waals surface area contributed by atoms with Crippen LogP contribution in [0.1, 0.15) is 11.6 Å². The average Bonchev–Trinajstić information content (AvgIpc) is 2.68. The largest absolute Gasteiger partial charge is 0.497 e. The van der Waals surface area contributed by atoms with Crippen molar-refractivity contribution in [1.29, 1.82) is 0 Å². The van der Waals surface area contributed by atoms with E-state index in [1.807, 2.05) is 62.3 Å². The van der Waals surface area contributed by atoms with E-state index in [1.54, 1.807) is 31.4 Å². The molecule has 7 nitrogen and oxygen atoms in total. The maximum absolute atomic E-state index is 12.2. The predicted molar refractivity (Wildman–Crippen MR) is 112 cm³/mol. The van der Waals surface area contributed by atoms with Crippen molar-refractivity contribution in [1.82, 2.24) is 10.2 Å². The van der Waals surface area contributed by atoms with Crippen molar-refractivity contribution in [2.24, 2.45) is 0 Å². The van der Waals surface area contributed by atoms with E-state index in [2.05, 4.69) is 10.6 Å². The zero-order chi connectivity index (χ0) is 20.7. The number of amides is 2. The lowest BCUT2D eigenvalue weighted by Gasteiger charge is -2.25. The number of hydrogen-bond donors (Lipinski definition) is 2. The Morgan fingerprint density at radius 3 is 2.04 bits per heavy atom. The van der Waals surface area contributed by atoms with Crippen molar-refractivity contribution < 1.29 is 14.3 Å². The second-order valence-electron chi connectivity index (χ2n) is 6.86. The standard InChI is InChI=1S/C21H28N4O3/c1-24(2)17-10-6-15(7-11-17)19(25(3)4)14-22-20(26)21(27)23-16-8-12-18(28-5)13-9-16/h6-13,19H,14H2,1-5H3,(H,22,26)(H,23,27)/t19-/m1/s1. The summed E-state index contributed by atoms with van der Waals surface area (Å²) in [5, 5.41) is 5.29. The molecule has 7 heteroatoms. The van der Waals surface area contributed by atoms with E-state index in [0.717, 1.165) is 11.3 Å². The number of nitrogens with zero attached hydrogens (tertiary/aromatic N) is 2. The highest BCUT2D eigenvalue weighted by molar-refractivity contribution is 6.39. The molecule has 2 rings (SSSR count). The van der Waals surface area contributed by atoms with Gasteiger partial charge in [0.1, 0.15) is 5.75 Å². The summed E-state index contributed by atoms with van der Waals surface area (Å²) in [6.07, 6.45) is 0. The second-order valence-corrected chi connectivity index (χ2v) is 6.86. The number of benzene rings is 2. The summed E-state index contributed by atoms with van der Waals surface area (Å²) in [7, 11) is 9.42. The third-order valence-corrected chi connectivity index (χ3v) is 4.43. The van der Waals surface area contributed by atoms with Gasteiger partial charge in [0.2, 0.25) is 0 Å². The first-order valence-electron chi connectivity index (χ1n) is 8.98. The van der Waals surface area contributed by atoms with Gasteiger partial charge in [0, 0.05) is 32.0 Å². The van der Waals surface area contributed by atoms with Crippen molar-refractivity contribution in [2.45, 2.75) is 6.04 Å². The van der Waals surface area contributed by atoms with Crippen LogP contribution < -0.4 is 20.3 Å². The summed E-state index contributed by atoms with van der Waals surface area (Å²) in [5.41, 5.74) is 2.69. The highest BCUT2D eigenvalue weighted by atomic mass is 16.5. The van der Waals surface area contributed by atoms with E-state index in [0.29, 0.717) is 18.0 Å². The Balaban J connectivity index is 1.96. The zero-order valence-corrected chi connectivity index (χ0v) is 17.0. The van der Waals surface area contributed by atoms with Crippen LogP contribution in [0.4, 0.5) is 11.4 Å². The maximum Gasteiger partial charge on any atom is 0.313 e. The van der Waals surface area contributed by atoms with Crippen LogP contribution in [0.5, 0.6) is 5.75 Å². The fourth-order valence-corrected chi connectivity index (χ4v) is 2.73. The molecule has 150 valence electrons. The predicted octanol–water partition coefficient (Wildman–Crippen LogP) is 2.12. The number of carbonyl (C=O) groups excluding carboxylic acids is 2. The van der Waals surface area contributed by atoms with Gasteiger partial charge in [-0.25, -0.2) is 0 Å². The first-order valence-corrected chi connectivity index (χ1v) is 8.98.